The summed E-state index contributed by atoms with van der Waals surface area (Å²) in [5.41, 5.74) is 2.03. The topological polar surface area (TPSA) is 105 Å². The summed E-state index contributed by atoms with van der Waals surface area (Å²) in [6.07, 6.45) is 4.11. The van der Waals surface area contributed by atoms with Gasteiger partial charge in [-0.05, 0) is 37.1 Å². The number of carbonyl (C=O) groups is 2. The summed E-state index contributed by atoms with van der Waals surface area (Å²) in [7, 11) is 1.68. The average molecular weight is 415 g/mol. The number of nitrogens with zero attached hydrogens (tertiary/aromatic N) is 3. The number of carboxylic acid groups (broad SMARTS) is 1. The normalized spacial score (nSPS) is 11.7. The Morgan fingerprint density at radius 1 is 1.17 bits per heavy atom. The molecule has 2 N–H and O–H groups in total. The van der Waals surface area contributed by atoms with Gasteiger partial charge in [0.05, 0.1) is 11.4 Å². The third-order valence-electron chi connectivity index (χ3n) is 4.59. The molecule has 0 bridgehead atoms. The Labute approximate surface area is 177 Å². The van der Waals surface area contributed by atoms with Crippen molar-refractivity contribution in [2.45, 2.75) is 45.6 Å². The summed E-state index contributed by atoms with van der Waals surface area (Å²) in [4.78, 5) is 34.0. The molecule has 2 aromatic rings. The number of aromatic nitrogens is 2. The van der Waals surface area contributed by atoms with Crippen molar-refractivity contribution in [1.82, 2.24) is 15.3 Å². The lowest BCUT2D eigenvalue weighted by atomic mass is 10.1. The fourth-order valence-electron chi connectivity index (χ4n) is 2.88. The van der Waals surface area contributed by atoms with Gasteiger partial charge < -0.3 is 15.2 Å². The Morgan fingerprint density at radius 2 is 1.97 bits per heavy atom. The molecule has 0 unspecified atom stereocenters. The first-order chi connectivity index (χ1) is 14.5. The van der Waals surface area contributed by atoms with Crippen LogP contribution in [0.4, 0.5) is 10.6 Å². The molecule has 0 spiro atoms. The zero-order valence-corrected chi connectivity index (χ0v) is 17.8. The number of nitrogens with one attached hydrogen (secondary N) is 1. The summed E-state index contributed by atoms with van der Waals surface area (Å²) in [5.74, 6) is -0.472. The van der Waals surface area contributed by atoms with Gasteiger partial charge in [0, 0.05) is 32.8 Å². The molecule has 2 amide bonds. The zero-order chi connectivity index (χ0) is 21.9. The van der Waals surface area contributed by atoms with E-state index in [1.807, 2.05) is 18.2 Å². The Morgan fingerprint density at radius 3 is 2.60 bits per heavy atom. The first kappa shape index (κ1) is 23.3. The van der Waals surface area contributed by atoms with Gasteiger partial charge in [0.2, 0.25) is 0 Å². The van der Waals surface area contributed by atoms with E-state index in [9.17, 15) is 14.7 Å². The lowest BCUT2D eigenvalue weighted by molar-refractivity contribution is -0.149. The van der Waals surface area contributed by atoms with Crippen LogP contribution in [0.1, 0.15) is 38.7 Å². The largest absolute Gasteiger partial charge is 0.479 e. The van der Waals surface area contributed by atoms with Gasteiger partial charge in [0.15, 0.2) is 6.10 Å². The third-order valence-corrected chi connectivity index (χ3v) is 4.59. The van der Waals surface area contributed by atoms with Crippen molar-refractivity contribution in [2.75, 3.05) is 25.1 Å². The number of rotatable bonds is 11. The van der Waals surface area contributed by atoms with Gasteiger partial charge in [-0.25, -0.2) is 14.6 Å². The van der Waals surface area contributed by atoms with Gasteiger partial charge in [-0.15, -0.1) is 0 Å². The second kappa shape index (κ2) is 11.9. The molecule has 0 fully saturated rings. The second-order valence-corrected chi connectivity index (χ2v) is 6.92. The maximum absolute atomic E-state index is 12.3. The fourth-order valence-corrected chi connectivity index (χ4v) is 2.88. The number of anilines is 1. The Hall–Kier alpha value is -3.00. The minimum atomic E-state index is -0.994. The van der Waals surface area contributed by atoms with Crippen LogP contribution in [-0.2, 0) is 16.0 Å². The zero-order valence-electron chi connectivity index (χ0n) is 17.8. The van der Waals surface area contributed by atoms with Crippen LogP contribution in [0, 0.1) is 0 Å². The number of carbonyl (C=O) groups excluding carboxylic acids is 1. The monoisotopic (exact) mass is 414 g/mol. The summed E-state index contributed by atoms with van der Waals surface area (Å²) in [5, 5.41) is 12.1. The van der Waals surface area contributed by atoms with Crippen molar-refractivity contribution in [1.29, 1.82) is 0 Å². The minimum Gasteiger partial charge on any atom is -0.479 e. The molecule has 0 radical (unpaired) electrons. The van der Waals surface area contributed by atoms with E-state index in [0.717, 1.165) is 24.8 Å². The Balaban J connectivity index is 2.06. The van der Waals surface area contributed by atoms with Gasteiger partial charge >= 0.3 is 12.0 Å². The number of pyridine rings is 2. The number of urea groups is 1. The van der Waals surface area contributed by atoms with Crippen molar-refractivity contribution >= 4 is 17.8 Å². The highest BCUT2D eigenvalue weighted by Gasteiger charge is 2.18. The lowest BCUT2D eigenvalue weighted by Crippen LogP contribution is -2.38. The molecule has 1 atom stereocenters. The molecule has 162 valence electrons. The van der Waals surface area contributed by atoms with Crippen LogP contribution >= 0.6 is 0 Å². The molecule has 0 aliphatic heterocycles. The molecule has 0 aliphatic rings. The smallest absolute Gasteiger partial charge is 0.333 e. The van der Waals surface area contributed by atoms with Crippen molar-refractivity contribution < 1.29 is 19.4 Å². The number of hydrogen-bond donors (Lipinski definition) is 2. The van der Waals surface area contributed by atoms with Crippen LogP contribution in [0.25, 0.3) is 11.4 Å². The van der Waals surface area contributed by atoms with Gasteiger partial charge in [-0.1, -0.05) is 31.9 Å². The van der Waals surface area contributed by atoms with E-state index in [0.29, 0.717) is 30.4 Å². The first-order valence-electron chi connectivity index (χ1n) is 10.2. The van der Waals surface area contributed by atoms with Crippen LogP contribution in [0.3, 0.4) is 0 Å². The highest BCUT2D eigenvalue weighted by Crippen LogP contribution is 2.19. The number of amides is 2. The third kappa shape index (κ3) is 6.81. The molecule has 0 saturated heterocycles. The van der Waals surface area contributed by atoms with E-state index in [-0.39, 0.29) is 12.5 Å². The van der Waals surface area contributed by atoms with E-state index >= 15 is 0 Å². The number of ether oxygens (including phenoxy) is 1. The van der Waals surface area contributed by atoms with Gasteiger partial charge in [0.1, 0.15) is 5.82 Å². The molecule has 8 nitrogen and oxygen atoms in total. The summed E-state index contributed by atoms with van der Waals surface area (Å²) >= 11 is 0. The SMILES string of the molecule is CCCCCNC(=O)N(C)c1cccc(-c2ccc(C[C@H](OCC)C(=O)O)cn2)n1. The second-order valence-electron chi connectivity index (χ2n) is 6.92. The Kier molecular flexibility index (Phi) is 9.21. The summed E-state index contributed by atoms with van der Waals surface area (Å²) in [6, 6.07) is 8.81. The molecule has 2 aromatic heterocycles. The van der Waals surface area contributed by atoms with Crippen LogP contribution in [0.5, 0.6) is 0 Å². The van der Waals surface area contributed by atoms with E-state index < -0.39 is 12.1 Å². The van der Waals surface area contributed by atoms with Crippen LogP contribution in [-0.4, -0.2) is 53.4 Å². The average Bonchev–Trinajstić information content (AvgIpc) is 2.76. The molecule has 8 heteroatoms. The van der Waals surface area contributed by atoms with Crippen molar-refractivity contribution in [3.8, 4) is 11.4 Å². The van der Waals surface area contributed by atoms with Crippen molar-refractivity contribution in [3.63, 3.8) is 0 Å². The molecule has 30 heavy (non-hydrogen) atoms. The summed E-state index contributed by atoms with van der Waals surface area (Å²) in [6.45, 7) is 4.85. The van der Waals surface area contributed by atoms with Crippen molar-refractivity contribution in [2.24, 2.45) is 0 Å². The fraction of sp³-hybridized carbons (Fsp3) is 0.455. The first-order valence-corrected chi connectivity index (χ1v) is 10.2. The van der Waals surface area contributed by atoms with E-state index in [2.05, 4.69) is 22.2 Å². The Bertz CT molecular complexity index is 826. The predicted octanol–water partition coefficient (Wildman–Crippen LogP) is 3.51. The molecule has 0 saturated carbocycles. The maximum atomic E-state index is 12.3. The van der Waals surface area contributed by atoms with Gasteiger partial charge in [-0.3, -0.25) is 9.88 Å². The molecule has 2 rings (SSSR count). The molecule has 0 aliphatic carbocycles. The molecule has 2 heterocycles. The number of carboxylic acids is 1. The highest BCUT2D eigenvalue weighted by molar-refractivity contribution is 5.90. The van der Waals surface area contributed by atoms with Gasteiger partial charge in [-0.2, -0.15) is 0 Å². The highest BCUT2D eigenvalue weighted by atomic mass is 16.5. The van der Waals surface area contributed by atoms with E-state index in [1.165, 1.54) is 4.90 Å². The quantitative estimate of drug-likeness (QED) is 0.545. The molecular formula is C22H30N4O4. The number of aliphatic carboxylic acids is 1. The molecular weight excluding hydrogens is 384 g/mol. The van der Waals surface area contributed by atoms with E-state index in [1.54, 1.807) is 32.3 Å². The van der Waals surface area contributed by atoms with Crippen LogP contribution in [0.15, 0.2) is 36.5 Å². The number of unbranched alkanes of at least 4 members (excludes halogenated alkanes) is 2. The molecule has 0 aromatic carbocycles. The maximum Gasteiger partial charge on any atom is 0.333 e. The van der Waals surface area contributed by atoms with E-state index in [4.69, 9.17) is 4.74 Å². The van der Waals surface area contributed by atoms with Crippen LogP contribution < -0.4 is 10.2 Å². The van der Waals surface area contributed by atoms with Gasteiger partial charge in [0.25, 0.3) is 0 Å². The standard InChI is InChI=1S/C22H30N4O4/c1-4-6-7-13-23-22(29)26(3)20-10-8-9-18(25-20)17-12-11-16(15-24-17)14-19(21(27)28)30-5-2/h8-12,15,19H,4-7,13-14H2,1-3H3,(H,23,29)(H,27,28)/t19-/m0/s1. The summed E-state index contributed by atoms with van der Waals surface area (Å²) < 4.78 is 5.25. The predicted molar refractivity (Wildman–Crippen MR) is 116 cm³/mol. The lowest BCUT2D eigenvalue weighted by Gasteiger charge is -2.17. The minimum absolute atomic E-state index is 0.199. The number of hydrogen-bond acceptors (Lipinski definition) is 5. The van der Waals surface area contributed by atoms with Crippen molar-refractivity contribution in [3.05, 3.63) is 42.1 Å². The van der Waals surface area contributed by atoms with Crippen LogP contribution in [0.2, 0.25) is 0 Å².